The SMILES string of the molecule is CC(C)(C)c1ccc(S(=O)(=O)c2cccc3cccnc23)c(C=CCC(N)=O)c1. The molecule has 3 aromatic rings. The Kier molecular flexibility index (Phi) is 5.57. The van der Waals surface area contributed by atoms with Gasteiger partial charge in [-0.3, -0.25) is 9.78 Å². The zero-order chi connectivity index (χ0) is 21.2. The summed E-state index contributed by atoms with van der Waals surface area (Å²) in [6.07, 6.45) is 4.85. The second-order valence-electron chi connectivity index (χ2n) is 7.91. The molecule has 1 amide bonds. The standard InChI is InChI=1S/C23H24N2O3S/c1-23(2,3)18-12-13-19(17(15-18)8-5-11-21(24)26)29(27,28)20-10-4-7-16-9-6-14-25-22(16)20/h4-10,12-15H,11H2,1-3H3,(H2,24,26). The van der Waals surface area contributed by atoms with E-state index in [9.17, 15) is 13.2 Å². The van der Waals surface area contributed by atoms with Crippen molar-refractivity contribution in [2.45, 2.75) is 42.4 Å². The number of primary amides is 1. The van der Waals surface area contributed by atoms with Gasteiger partial charge >= 0.3 is 0 Å². The zero-order valence-corrected chi connectivity index (χ0v) is 17.5. The number of carbonyl (C=O) groups is 1. The van der Waals surface area contributed by atoms with Crippen molar-refractivity contribution in [3.05, 3.63) is 71.9 Å². The van der Waals surface area contributed by atoms with E-state index in [2.05, 4.69) is 25.8 Å². The maximum Gasteiger partial charge on any atom is 0.221 e. The lowest BCUT2D eigenvalue weighted by Gasteiger charge is -2.21. The average molecular weight is 409 g/mol. The summed E-state index contributed by atoms with van der Waals surface area (Å²) in [6.45, 7) is 6.17. The van der Waals surface area contributed by atoms with Gasteiger partial charge in [0.05, 0.1) is 15.3 Å². The van der Waals surface area contributed by atoms with Crippen LogP contribution in [-0.4, -0.2) is 19.3 Å². The number of carbonyl (C=O) groups excluding carboxylic acids is 1. The molecule has 2 N–H and O–H groups in total. The van der Waals surface area contributed by atoms with E-state index in [1.165, 1.54) is 0 Å². The number of pyridine rings is 1. The summed E-state index contributed by atoms with van der Waals surface area (Å²) < 4.78 is 27.1. The topological polar surface area (TPSA) is 90.1 Å². The van der Waals surface area contributed by atoms with Crippen LogP contribution < -0.4 is 5.73 Å². The van der Waals surface area contributed by atoms with Gasteiger partial charge in [0.1, 0.15) is 0 Å². The van der Waals surface area contributed by atoms with E-state index in [0.717, 1.165) is 10.9 Å². The summed E-state index contributed by atoms with van der Waals surface area (Å²) in [7, 11) is -3.84. The van der Waals surface area contributed by atoms with Gasteiger partial charge in [0, 0.05) is 18.0 Å². The highest BCUT2D eigenvalue weighted by atomic mass is 32.2. The van der Waals surface area contributed by atoms with Gasteiger partial charge in [-0.15, -0.1) is 0 Å². The number of aromatic nitrogens is 1. The largest absolute Gasteiger partial charge is 0.369 e. The van der Waals surface area contributed by atoms with Crippen LogP contribution in [0, 0.1) is 0 Å². The maximum atomic E-state index is 13.6. The molecule has 0 radical (unpaired) electrons. The second-order valence-corrected chi connectivity index (χ2v) is 9.80. The monoisotopic (exact) mass is 408 g/mol. The molecule has 0 saturated heterocycles. The predicted octanol–water partition coefficient (Wildman–Crippen LogP) is 4.25. The van der Waals surface area contributed by atoms with Crippen molar-refractivity contribution >= 4 is 32.7 Å². The van der Waals surface area contributed by atoms with Crippen LogP contribution in [0.1, 0.15) is 38.3 Å². The van der Waals surface area contributed by atoms with Crippen molar-refractivity contribution in [1.82, 2.24) is 4.98 Å². The molecule has 0 fully saturated rings. The third-order valence-corrected chi connectivity index (χ3v) is 6.53. The molecule has 0 bridgehead atoms. The van der Waals surface area contributed by atoms with Gasteiger partial charge in [-0.05, 0) is 40.8 Å². The Morgan fingerprint density at radius 1 is 1.07 bits per heavy atom. The number of amides is 1. The Morgan fingerprint density at radius 2 is 1.79 bits per heavy atom. The normalized spacial score (nSPS) is 12.5. The van der Waals surface area contributed by atoms with Crippen molar-refractivity contribution in [3.63, 3.8) is 0 Å². The molecule has 2 aromatic carbocycles. The molecule has 1 aromatic heterocycles. The number of nitrogens with zero attached hydrogens (tertiary/aromatic N) is 1. The molecule has 0 spiro atoms. The first-order chi connectivity index (χ1) is 13.6. The number of rotatable bonds is 5. The smallest absolute Gasteiger partial charge is 0.221 e. The Morgan fingerprint density at radius 3 is 2.48 bits per heavy atom. The van der Waals surface area contributed by atoms with Crippen LogP contribution in [0.15, 0.2) is 70.6 Å². The highest BCUT2D eigenvalue weighted by Gasteiger charge is 2.25. The van der Waals surface area contributed by atoms with Crippen LogP contribution in [0.5, 0.6) is 0 Å². The average Bonchev–Trinajstić information content (AvgIpc) is 2.66. The minimum atomic E-state index is -3.84. The Labute approximate surface area is 171 Å². The van der Waals surface area contributed by atoms with Crippen LogP contribution in [-0.2, 0) is 20.0 Å². The van der Waals surface area contributed by atoms with E-state index in [1.807, 2.05) is 24.3 Å². The molecule has 0 aliphatic carbocycles. The number of hydrogen-bond acceptors (Lipinski definition) is 4. The van der Waals surface area contributed by atoms with Gasteiger partial charge in [0.25, 0.3) is 0 Å². The number of sulfone groups is 1. The molecule has 0 saturated carbocycles. The van der Waals surface area contributed by atoms with Crippen LogP contribution >= 0.6 is 0 Å². The molecule has 150 valence electrons. The van der Waals surface area contributed by atoms with E-state index in [-0.39, 0.29) is 21.6 Å². The molecule has 1 heterocycles. The van der Waals surface area contributed by atoms with Crippen LogP contribution in [0.4, 0.5) is 0 Å². The highest BCUT2D eigenvalue weighted by Crippen LogP contribution is 2.32. The quantitative estimate of drug-likeness (QED) is 0.683. The predicted molar refractivity (Wildman–Crippen MR) is 115 cm³/mol. The second kappa shape index (κ2) is 7.79. The first-order valence-corrected chi connectivity index (χ1v) is 10.8. The molecular weight excluding hydrogens is 384 g/mol. The van der Waals surface area contributed by atoms with Gasteiger partial charge in [0.15, 0.2) is 0 Å². The van der Waals surface area contributed by atoms with E-state index >= 15 is 0 Å². The lowest BCUT2D eigenvalue weighted by atomic mass is 9.86. The number of fused-ring (bicyclic) bond motifs is 1. The van der Waals surface area contributed by atoms with Gasteiger partial charge < -0.3 is 5.73 Å². The molecule has 0 unspecified atom stereocenters. The Hall–Kier alpha value is -2.99. The zero-order valence-electron chi connectivity index (χ0n) is 16.7. The number of nitrogens with two attached hydrogens (primary N) is 1. The van der Waals surface area contributed by atoms with Crippen molar-refractivity contribution in [3.8, 4) is 0 Å². The van der Waals surface area contributed by atoms with Crippen molar-refractivity contribution in [1.29, 1.82) is 0 Å². The van der Waals surface area contributed by atoms with Crippen molar-refractivity contribution in [2.24, 2.45) is 5.73 Å². The lowest BCUT2D eigenvalue weighted by Crippen LogP contribution is -2.13. The first-order valence-electron chi connectivity index (χ1n) is 9.29. The molecule has 0 atom stereocenters. The minimum Gasteiger partial charge on any atom is -0.369 e. The molecular formula is C23H24N2O3S. The van der Waals surface area contributed by atoms with Crippen molar-refractivity contribution < 1.29 is 13.2 Å². The van der Waals surface area contributed by atoms with Crippen LogP contribution in [0.25, 0.3) is 17.0 Å². The Bertz CT molecular complexity index is 1200. The number of hydrogen-bond donors (Lipinski definition) is 1. The molecule has 6 heteroatoms. The summed E-state index contributed by atoms with van der Waals surface area (Å²) in [5.74, 6) is -0.476. The summed E-state index contributed by atoms with van der Waals surface area (Å²) in [5.41, 5.74) is 7.00. The fraction of sp³-hybridized carbons (Fsp3) is 0.217. The molecule has 0 aliphatic rings. The molecule has 3 rings (SSSR count). The van der Waals surface area contributed by atoms with E-state index in [4.69, 9.17) is 5.73 Å². The minimum absolute atomic E-state index is 0.0368. The maximum absolute atomic E-state index is 13.6. The number of benzene rings is 2. The lowest BCUT2D eigenvalue weighted by molar-refractivity contribution is -0.117. The number of para-hydroxylation sites is 1. The van der Waals surface area contributed by atoms with Crippen LogP contribution in [0.3, 0.4) is 0 Å². The first kappa shape index (κ1) is 20.7. The fourth-order valence-corrected chi connectivity index (χ4v) is 4.71. The van der Waals surface area contributed by atoms with Gasteiger partial charge in [-0.1, -0.05) is 57.2 Å². The molecule has 5 nitrogen and oxygen atoms in total. The van der Waals surface area contributed by atoms with E-state index < -0.39 is 15.7 Å². The van der Waals surface area contributed by atoms with Gasteiger partial charge in [-0.2, -0.15) is 0 Å². The van der Waals surface area contributed by atoms with Crippen molar-refractivity contribution in [2.75, 3.05) is 0 Å². The third-order valence-electron chi connectivity index (χ3n) is 4.67. The summed E-state index contributed by atoms with van der Waals surface area (Å²) in [4.78, 5) is 15.7. The van der Waals surface area contributed by atoms with E-state index in [1.54, 1.807) is 42.6 Å². The summed E-state index contributed by atoms with van der Waals surface area (Å²) in [5, 5.41) is 0.755. The summed E-state index contributed by atoms with van der Waals surface area (Å²) >= 11 is 0. The van der Waals surface area contributed by atoms with Gasteiger partial charge in [-0.25, -0.2) is 8.42 Å². The fourth-order valence-electron chi connectivity index (χ4n) is 3.10. The summed E-state index contributed by atoms with van der Waals surface area (Å²) in [6, 6.07) is 14.0. The van der Waals surface area contributed by atoms with E-state index in [0.29, 0.717) is 11.1 Å². The third kappa shape index (κ3) is 4.38. The van der Waals surface area contributed by atoms with Gasteiger partial charge in [0.2, 0.25) is 15.7 Å². The Balaban J connectivity index is 2.22. The molecule has 29 heavy (non-hydrogen) atoms. The highest BCUT2D eigenvalue weighted by molar-refractivity contribution is 7.91. The molecule has 0 aliphatic heterocycles. The van der Waals surface area contributed by atoms with Crippen LogP contribution in [0.2, 0.25) is 0 Å².